The summed E-state index contributed by atoms with van der Waals surface area (Å²) in [4.78, 5) is 2.10. The SMILES string of the molecule is Cc1ccsc1CNCCSc1ccc(F)c(F)c1. The molecule has 0 amide bonds. The second-order valence-electron chi connectivity index (χ2n) is 4.13. The van der Waals surface area contributed by atoms with Crippen LogP contribution in [0.3, 0.4) is 0 Å². The topological polar surface area (TPSA) is 12.0 Å². The molecule has 19 heavy (non-hydrogen) atoms. The molecule has 0 aliphatic rings. The van der Waals surface area contributed by atoms with E-state index in [0.717, 1.165) is 23.7 Å². The van der Waals surface area contributed by atoms with Crippen LogP contribution in [0.15, 0.2) is 34.5 Å². The lowest BCUT2D eigenvalue weighted by atomic mass is 10.3. The summed E-state index contributed by atoms with van der Waals surface area (Å²) in [6.07, 6.45) is 0. The van der Waals surface area contributed by atoms with Gasteiger partial charge in [0, 0.05) is 28.6 Å². The molecule has 0 aliphatic carbocycles. The van der Waals surface area contributed by atoms with Crippen LogP contribution in [0.2, 0.25) is 0 Å². The Kier molecular flexibility index (Phi) is 5.36. The Labute approximate surface area is 120 Å². The number of halogens is 2. The highest BCUT2D eigenvalue weighted by Crippen LogP contribution is 2.20. The number of nitrogens with one attached hydrogen (secondary N) is 1. The minimum absolute atomic E-state index is 0.757. The molecule has 2 rings (SSSR count). The maximum atomic E-state index is 13.0. The Hall–Kier alpha value is -0.910. The van der Waals surface area contributed by atoms with Gasteiger partial charge in [0.15, 0.2) is 11.6 Å². The van der Waals surface area contributed by atoms with Crippen LogP contribution < -0.4 is 5.32 Å². The van der Waals surface area contributed by atoms with Gasteiger partial charge in [0.1, 0.15) is 0 Å². The fourth-order valence-corrected chi connectivity index (χ4v) is 3.30. The van der Waals surface area contributed by atoms with E-state index in [1.165, 1.54) is 34.3 Å². The fraction of sp³-hybridized carbons (Fsp3) is 0.286. The maximum absolute atomic E-state index is 13.0. The molecule has 0 unspecified atom stereocenters. The first-order chi connectivity index (χ1) is 9.16. The second-order valence-corrected chi connectivity index (χ2v) is 6.30. The number of thiophene rings is 1. The molecule has 0 spiro atoms. The predicted molar refractivity (Wildman–Crippen MR) is 77.8 cm³/mol. The average molecular weight is 299 g/mol. The molecule has 0 bridgehead atoms. The quantitative estimate of drug-likeness (QED) is 0.633. The van der Waals surface area contributed by atoms with Gasteiger partial charge in [-0.15, -0.1) is 23.1 Å². The lowest BCUT2D eigenvalue weighted by molar-refractivity contribution is 0.506. The van der Waals surface area contributed by atoms with Gasteiger partial charge in [-0.2, -0.15) is 0 Å². The van der Waals surface area contributed by atoms with Crippen LogP contribution in [0.4, 0.5) is 8.78 Å². The van der Waals surface area contributed by atoms with Gasteiger partial charge in [0.25, 0.3) is 0 Å². The van der Waals surface area contributed by atoms with E-state index in [2.05, 4.69) is 23.7 Å². The van der Waals surface area contributed by atoms with E-state index in [4.69, 9.17) is 0 Å². The standard InChI is InChI=1S/C14H15F2NS2/c1-10-4-6-19-14(10)9-17-5-7-18-11-2-3-12(15)13(16)8-11/h2-4,6,8,17H,5,7,9H2,1H3. The molecule has 102 valence electrons. The molecule has 2 aromatic rings. The van der Waals surface area contributed by atoms with E-state index in [1.807, 2.05) is 0 Å². The first-order valence-electron chi connectivity index (χ1n) is 5.98. The van der Waals surface area contributed by atoms with Gasteiger partial charge < -0.3 is 5.32 Å². The molecule has 0 aliphatic heterocycles. The molecule has 0 atom stereocenters. The summed E-state index contributed by atoms with van der Waals surface area (Å²) in [5, 5.41) is 5.43. The van der Waals surface area contributed by atoms with Crippen molar-refractivity contribution in [2.75, 3.05) is 12.3 Å². The summed E-state index contributed by atoms with van der Waals surface area (Å²) < 4.78 is 25.7. The van der Waals surface area contributed by atoms with E-state index in [-0.39, 0.29) is 0 Å². The third kappa shape index (κ3) is 4.30. The lowest BCUT2D eigenvalue weighted by Crippen LogP contribution is -2.16. The van der Waals surface area contributed by atoms with Crippen molar-refractivity contribution in [2.24, 2.45) is 0 Å². The Morgan fingerprint density at radius 1 is 1.21 bits per heavy atom. The van der Waals surface area contributed by atoms with Crippen molar-refractivity contribution in [3.63, 3.8) is 0 Å². The van der Waals surface area contributed by atoms with Gasteiger partial charge >= 0.3 is 0 Å². The molecule has 1 N–H and O–H groups in total. The molecular formula is C14H15F2NS2. The maximum Gasteiger partial charge on any atom is 0.159 e. The number of thioether (sulfide) groups is 1. The van der Waals surface area contributed by atoms with Crippen molar-refractivity contribution >= 4 is 23.1 Å². The zero-order valence-electron chi connectivity index (χ0n) is 10.6. The normalized spacial score (nSPS) is 10.9. The largest absolute Gasteiger partial charge is 0.311 e. The Bertz CT molecular complexity index is 540. The van der Waals surface area contributed by atoms with Crippen LogP contribution in [0.1, 0.15) is 10.4 Å². The summed E-state index contributed by atoms with van der Waals surface area (Å²) >= 11 is 3.27. The van der Waals surface area contributed by atoms with Crippen LogP contribution in [0.25, 0.3) is 0 Å². The zero-order valence-corrected chi connectivity index (χ0v) is 12.2. The van der Waals surface area contributed by atoms with Crippen molar-refractivity contribution < 1.29 is 8.78 Å². The lowest BCUT2D eigenvalue weighted by Gasteiger charge is -2.05. The van der Waals surface area contributed by atoms with Gasteiger partial charge in [0.2, 0.25) is 0 Å². The average Bonchev–Trinajstić information content (AvgIpc) is 2.79. The summed E-state index contributed by atoms with van der Waals surface area (Å²) in [5.74, 6) is -0.752. The fourth-order valence-electron chi connectivity index (χ4n) is 1.59. The van der Waals surface area contributed by atoms with Gasteiger partial charge in [-0.25, -0.2) is 8.78 Å². The van der Waals surface area contributed by atoms with Gasteiger partial charge in [-0.3, -0.25) is 0 Å². The Morgan fingerprint density at radius 3 is 2.74 bits per heavy atom. The molecule has 5 heteroatoms. The highest BCUT2D eigenvalue weighted by Gasteiger charge is 2.03. The van der Waals surface area contributed by atoms with E-state index in [0.29, 0.717) is 0 Å². The van der Waals surface area contributed by atoms with Crippen molar-refractivity contribution in [1.29, 1.82) is 0 Å². The van der Waals surface area contributed by atoms with Crippen LogP contribution in [-0.2, 0) is 6.54 Å². The number of aryl methyl sites for hydroxylation is 1. The first kappa shape index (κ1) is 14.5. The third-order valence-corrected chi connectivity index (χ3v) is 4.71. The minimum atomic E-state index is -0.796. The Morgan fingerprint density at radius 2 is 2.05 bits per heavy atom. The summed E-state index contributed by atoms with van der Waals surface area (Å²) in [6.45, 7) is 3.80. The van der Waals surface area contributed by atoms with Crippen LogP contribution in [0.5, 0.6) is 0 Å². The number of hydrogen-bond acceptors (Lipinski definition) is 3. The van der Waals surface area contributed by atoms with Crippen molar-refractivity contribution in [2.45, 2.75) is 18.4 Å². The van der Waals surface area contributed by atoms with E-state index in [1.54, 1.807) is 17.4 Å². The molecule has 0 radical (unpaired) electrons. The van der Waals surface area contributed by atoms with Crippen molar-refractivity contribution in [3.8, 4) is 0 Å². The van der Waals surface area contributed by atoms with Crippen LogP contribution in [0, 0.1) is 18.6 Å². The first-order valence-corrected chi connectivity index (χ1v) is 7.85. The summed E-state index contributed by atoms with van der Waals surface area (Å²) in [7, 11) is 0. The smallest absolute Gasteiger partial charge is 0.159 e. The molecule has 0 saturated heterocycles. The van der Waals surface area contributed by atoms with E-state index in [9.17, 15) is 8.78 Å². The van der Waals surface area contributed by atoms with E-state index >= 15 is 0 Å². The molecule has 1 aromatic carbocycles. The highest BCUT2D eigenvalue weighted by atomic mass is 32.2. The van der Waals surface area contributed by atoms with Crippen LogP contribution >= 0.6 is 23.1 Å². The second kappa shape index (κ2) is 7.03. The van der Waals surface area contributed by atoms with Gasteiger partial charge in [-0.05, 0) is 42.1 Å². The molecule has 1 heterocycles. The number of rotatable bonds is 6. The third-order valence-electron chi connectivity index (χ3n) is 2.69. The van der Waals surface area contributed by atoms with Crippen molar-refractivity contribution in [1.82, 2.24) is 5.32 Å². The molecule has 1 aromatic heterocycles. The number of benzene rings is 1. The predicted octanol–water partition coefficient (Wildman–Crippen LogP) is 4.22. The summed E-state index contributed by atoms with van der Waals surface area (Å²) in [5.41, 5.74) is 1.31. The van der Waals surface area contributed by atoms with Gasteiger partial charge in [-0.1, -0.05) is 0 Å². The molecule has 0 fully saturated rings. The summed E-state index contributed by atoms with van der Waals surface area (Å²) in [6, 6.07) is 6.12. The number of hydrogen-bond donors (Lipinski definition) is 1. The van der Waals surface area contributed by atoms with Crippen molar-refractivity contribution in [3.05, 3.63) is 51.7 Å². The van der Waals surface area contributed by atoms with Gasteiger partial charge in [0.05, 0.1) is 0 Å². The minimum Gasteiger partial charge on any atom is -0.311 e. The highest BCUT2D eigenvalue weighted by molar-refractivity contribution is 7.99. The molecule has 0 saturated carbocycles. The van der Waals surface area contributed by atoms with E-state index < -0.39 is 11.6 Å². The zero-order chi connectivity index (χ0) is 13.7. The van der Waals surface area contributed by atoms with Crippen LogP contribution in [-0.4, -0.2) is 12.3 Å². The molecular weight excluding hydrogens is 284 g/mol. The monoisotopic (exact) mass is 299 g/mol. The molecule has 1 nitrogen and oxygen atoms in total. The Balaban J connectivity index is 1.69.